The summed E-state index contributed by atoms with van der Waals surface area (Å²) in [4.78, 5) is 2.58. The molecule has 0 aromatic heterocycles. The van der Waals surface area contributed by atoms with Crippen LogP contribution in [0.3, 0.4) is 0 Å². The first-order valence-corrected chi connectivity index (χ1v) is 6.21. The van der Waals surface area contributed by atoms with Crippen molar-refractivity contribution in [2.45, 2.75) is 32.9 Å². The summed E-state index contributed by atoms with van der Waals surface area (Å²) in [7, 11) is 0. The second-order valence-corrected chi connectivity index (χ2v) is 4.88. The van der Waals surface area contributed by atoms with Gasteiger partial charge in [-0.05, 0) is 26.3 Å². The number of nitrogens with zero attached hydrogens (tertiary/aromatic N) is 1. The zero-order valence-corrected chi connectivity index (χ0v) is 10.5. The Balaban J connectivity index is 2.11. The van der Waals surface area contributed by atoms with Crippen molar-refractivity contribution in [2.24, 2.45) is 0 Å². The van der Waals surface area contributed by atoms with Crippen LogP contribution in [-0.4, -0.2) is 30.6 Å². The molecule has 2 heteroatoms. The lowest BCUT2D eigenvalue weighted by Crippen LogP contribution is -2.50. The maximum absolute atomic E-state index is 3.44. The van der Waals surface area contributed by atoms with Crippen molar-refractivity contribution in [3.05, 3.63) is 35.4 Å². The van der Waals surface area contributed by atoms with Crippen LogP contribution < -0.4 is 5.32 Å². The van der Waals surface area contributed by atoms with Gasteiger partial charge in [0.1, 0.15) is 0 Å². The zero-order chi connectivity index (χ0) is 11.5. The molecule has 0 unspecified atom stereocenters. The third kappa shape index (κ3) is 2.45. The van der Waals surface area contributed by atoms with E-state index in [1.165, 1.54) is 11.1 Å². The maximum Gasteiger partial charge on any atom is 0.0323 e. The standard InChI is InChI=1S/C14H22N2/c1-11-4-6-14(7-5-11)13(3)16-9-8-15-10-12(16)2/h4-7,12-13,15H,8-10H2,1-3H3/t12-,13-/m0/s1. The summed E-state index contributed by atoms with van der Waals surface area (Å²) < 4.78 is 0. The van der Waals surface area contributed by atoms with E-state index in [-0.39, 0.29) is 0 Å². The van der Waals surface area contributed by atoms with E-state index in [2.05, 4.69) is 55.3 Å². The van der Waals surface area contributed by atoms with Gasteiger partial charge in [-0.1, -0.05) is 29.8 Å². The summed E-state index contributed by atoms with van der Waals surface area (Å²) in [6.07, 6.45) is 0. The number of nitrogens with one attached hydrogen (secondary N) is 1. The van der Waals surface area contributed by atoms with Gasteiger partial charge < -0.3 is 5.32 Å². The molecule has 1 aromatic rings. The molecular weight excluding hydrogens is 196 g/mol. The smallest absolute Gasteiger partial charge is 0.0323 e. The Labute approximate surface area is 98.7 Å². The van der Waals surface area contributed by atoms with E-state index < -0.39 is 0 Å². The first-order chi connectivity index (χ1) is 7.68. The van der Waals surface area contributed by atoms with Gasteiger partial charge in [0.25, 0.3) is 0 Å². The van der Waals surface area contributed by atoms with Crippen molar-refractivity contribution in [1.82, 2.24) is 10.2 Å². The fourth-order valence-electron chi connectivity index (χ4n) is 2.47. The van der Waals surface area contributed by atoms with Crippen LogP contribution in [0.5, 0.6) is 0 Å². The molecule has 1 heterocycles. The molecule has 0 spiro atoms. The Kier molecular flexibility index (Phi) is 3.62. The average molecular weight is 218 g/mol. The number of piperazine rings is 1. The molecule has 2 nitrogen and oxygen atoms in total. The third-order valence-corrected chi connectivity index (χ3v) is 3.61. The molecule has 1 N–H and O–H groups in total. The largest absolute Gasteiger partial charge is 0.314 e. The third-order valence-electron chi connectivity index (χ3n) is 3.61. The van der Waals surface area contributed by atoms with Crippen LogP contribution in [-0.2, 0) is 0 Å². The van der Waals surface area contributed by atoms with Gasteiger partial charge >= 0.3 is 0 Å². The fourth-order valence-corrected chi connectivity index (χ4v) is 2.47. The maximum atomic E-state index is 3.44. The van der Waals surface area contributed by atoms with Gasteiger partial charge in [0.05, 0.1) is 0 Å². The minimum Gasteiger partial charge on any atom is -0.314 e. The van der Waals surface area contributed by atoms with Crippen LogP contribution in [0.25, 0.3) is 0 Å². The van der Waals surface area contributed by atoms with Gasteiger partial charge in [0, 0.05) is 31.7 Å². The number of hydrogen-bond donors (Lipinski definition) is 1. The van der Waals surface area contributed by atoms with Crippen molar-refractivity contribution in [1.29, 1.82) is 0 Å². The highest BCUT2D eigenvalue weighted by Gasteiger charge is 2.23. The van der Waals surface area contributed by atoms with Crippen LogP contribution in [0.15, 0.2) is 24.3 Å². The van der Waals surface area contributed by atoms with Crippen LogP contribution in [0, 0.1) is 6.92 Å². The summed E-state index contributed by atoms with van der Waals surface area (Å²) in [5.74, 6) is 0. The summed E-state index contributed by atoms with van der Waals surface area (Å²) in [6.45, 7) is 10.1. The lowest BCUT2D eigenvalue weighted by Gasteiger charge is -2.38. The van der Waals surface area contributed by atoms with E-state index in [1.54, 1.807) is 0 Å². The SMILES string of the molecule is Cc1ccc([C@H](C)N2CCNC[C@@H]2C)cc1. The van der Waals surface area contributed by atoms with Crippen molar-refractivity contribution >= 4 is 0 Å². The monoisotopic (exact) mass is 218 g/mol. The van der Waals surface area contributed by atoms with E-state index in [9.17, 15) is 0 Å². The predicted octanol–water partition coefficient (Wildman–Crippen LogP) is 2.35. The Hall–Kier alpha value is -0.860. The quantitative estimate of drug-likeness (QED) is 0.819. The van der Waals surface area contributed by atoms with Gasteiger partial charge in [-0.3, -0.25) is 4.90 Å². The number of benzene rings is 1. The molecular formula is C14H22N2. The number of aryl methyl sites for hydroxylation is 1. The topological polar surface area (TPSA) is 15.3 Å². The Bertz CT molecular complexity index is 331. The molecule has 1 saturated heterocycles. The molecule has 0 saturated carbocycles. The molecule has 0 bridgehead atoms. The molecule has 1 aliphatic heterocycles. The molecule has 2 atom stereocenters. The number of hydrogen-bond acceptors (Lipinski definition) is 2. The van der Waals surface area contributed by atoms with Gasteiger partial charge in [-0.15, -0.1) is 0 Å². The Morgan fingerprint density at radius 1 is 1.31 bits per heavy atom. The van der Waals surface area contributed by atoms with Gasteiger partial charge in [-0.2, -0.15) is 0 Å². The van der Waals surface area contributed by atoms with E-state index in [0.717, 1.165) is 19.6 Å². The van der Waals surface area contributed by atoms with Crippen LogP contribution >= 0.6 is 0 Å². The molecule has 0 aliphatic carbocycles. The van der Waals surface area contributed by atoms with Crippen molar-refractivity contribution in [2.75, 3.05) is 19.6 Å². The second kappa shape index (κ2) is 4.98. The van der Waals surface area contributed by atoms with E-state index in [4.69, 9.17) is 0 Å². The normalized spacial score (nSPS) is 24.3. The van der Waals surface area contributed by atoms with Crippen molar-refractivity contribution < 1.29 is 0 Å². The molecule has 16 heavy (non-hydrogen) atoms. The molecule has 88 valence electrons. The van der Waals surface area contributed by atoms with E-state index in [1.807, 2.05) is 0 Å². The summed E-state index contributed by atoms with van der Waals surface area (Å²) >= 11 is 0. The van der Waals surface area contributed by atoms with Crippen LogP contribution in [0.2, 0.25) is 0 Å². The summed E-state index contributed by atoms with van der Waals surface area (Å²) in [6, 6.07) is 10.1. The zero-order valence-electron chi connectivity index (χ0n) is 10.5. The van der Waals surface area contributed by atoms with Crippen molar-refractivity contribution in [3.8, 4) is 0 Å². The average Bonchev–Trinajstić information content (AvgIpc) is 2.30. The summed E-state index contributed by atoms with van der Waals surface area (Å²) in [5.41, 5.74) is 2.77. The molecule has 1 fully saturated rings. The second-order valence-electron chi connectivity index (χ2n) is 4.88. The molecule has 2 rings (SSSR count). The molecule has 1 aliphatic rings. The van der Waals surface area contributed by atoms with Crippen LogP contribution in [0.1, 0.15) is 31.0 Å². The predicted molar refractivity (Wildman–Crippen MR) is 68.6 cm³/mol. The van der Waals surface area contributed by atoms with Gasteiger partial charge in [0.15, 0.2) is 0 Å². The molecule has 0 amide bonds. The van der Waals surface area contributed by atoms with Gasteiger partial charge in [0.2, 0.25) is 0 Å². The van der Waals surface area contributed by atoms with Crippen LogP contribution in [0.4, 0.5) is 0 Å². The lowest BCUT2D eigenvalue weighted by atomic mass is 10.0. The lowest BCUT2D eigenvalue weighted by molar-refractivity contribution is 0.126. The van der Waals surface area contributed by atoms with E-state index in [0.29, 0.717) is 12.1 Å². The Morgan fingerprint density at radius 2 is 2.00 bits per heavy atom. The minimum absolute atomic E-state index is 0.526. The fraction of sp³-hybridized carbons (Fsp3) is 0.571. The van der Waals surface area contributed by atoms with Crippen molar-refractivity contribution in [3.63, 3.8) is 0 Å². The highest BCUT2D eigenvalue weighted by Crippen LogP contribution is 2.23. The number of rotatable bonds is 2. The first kappa shape index (κ1) is 11.6. The van der Waals surface area contributed by atoms with Gasteiger partial charge in [-0.25, -0.2) is 0 Å². The summed E-state index contributed by atoms with van der Waals surface area (Å²) in [5, 5.41) is 3.44. The first-order valence-electron chi connectivity index (χ1n) is 6.21. The highest BCUT2D eigenvalue weighted by molar-refractivity contribution is 5.24. The highest BCUT2D eigenvalue weighted by atomic mass is 15.2. The minimum atomic E-state index is 0.526. The molecule has 1 aromatic carbocycles. The van der Waals surface area contributed by atoms with E-state index >= 15 is 0 Å². The molecule has 0 radical (unpaired) electrons. The Morgan fingerprint density at radius 3 is 2.62 bits per heavy atom.